The van der Waals surface area contributed by atoms with Gasteiger partial charge in [0.05, 0.1) is 20.3 Å². The minimum Gasteiger partial charge on any atom is -0.493 e. The summed E-state index contributed by atoms with van der Waals surface area (Å²) in [5.41, 5.74) is 0. The first-order valence-corrected chi connectivity index (χ1v) is 10.3. The monoisotopic (exact) mass is 408 g/mol. The predicted molar refractivity (Wildman–Crippen MR) is 109 cm³/mol. The van der Waals surface area contributed by atoms with Crippen LogP contribution in [0.5, 0.6) is 17.2 Å². The van der Waals surface area contributed by atoms with Crippen molar-refractivity contribution >= 4 is 26.7 Å². The molecule has 0 aliphatic rings. The highest BCUT2D eigenvalue weighted by Crippen LogP contribution is 2.41. The standard InChI is InChI=1S/C21H29BrO3/c1-3-4-5-6-9-14-25-21-18-12-8-7-11-17(18)19(16-20(21)23-2)24-15-10-13-22/h7-8,11-12,16H,3-6,9-10,13-15H2,1-2H3. The fourth-order valence-corrected chi connectivity index (χ4v) is 3.06. The normalized spacial score (nSPS) is 10.8. The molecule has 0 amide bonds. The van der Waals surface area contributed by atoms with Crippen molar-refractivity contribution in [1.82, 2.24) is 0 Å². The first-order chi connectivity index (χ1) is 12.3. The van der Waals surface area contributed by atoms with Gasteiger partial charge >= 0.3 is 0 Å². The SMILES string of the molecule is CCCCCCCOc1c(OC)cc(OCCCBr)c2ccccc12. The highest BCUT2D eigenvalue weighted by molar-refractivity contribution is 9.09. The lowest BCUT2D eigenvalue weighted by molar-refractivity contribution is 0.285. The summed E-state index contributed by atoms with van der Waals surface area (Å²) in [7, 11) is 1.68. The van der Waals surface area contributed by atoms with E-state index in [2.05, 4.69) is 35.0 Å². The molecule has 138 valence electrons. The van der Waals surface area contributed by atoms with Gasteiger partial charge < -0.3 is 14.2 Å². The predicted octanol–water partition coefficient (Wildman–Crippen LogP) is 6.36. The first kappa shape index (κ1) is 19.9. The van der Waals surface area contributed by atoms with Gasteiger partial charge in [-0.05, 0) is 12.8 Å². The molecule has 0 saturated heterocycles. The van der Waals surface area contributed by atoms with E-state index in [1.54, 1.807) is 7.11 Å². The Morgan fingerprint density at radius 3 is 2.28 bits per heavy atom. The van der Waals surface area contributed by atoms with Crippen LogP contribution < -0.4 is 14.2 Å². The summed E-state index contributed by atoms with van der Waals surface area (Å²) in [5, 5.41) is 3.05. The topological polar surface area (TPSA) is 27.7 Å². The van der Waals surface area contributed by atoms with Crippen LogP contribution in [0.2, 0.25) is 0 Å². The van der Waals surface area contributed by atoms with E-state index >= 15 is 0 Å². The molecule has 0 aliphatic heterocycles. The molecule has 0 N–H and O–H groups in total. The maximum absolute atomic E-state index is 6.11. The van der Waals surface area contributed by atoms with Crippen LogP contribution in [0.3, 0.4) is 0 Å². The molecule has 0 bridgehead atoms. The van der Waals surface area contributed by atoms with Crippen LogP contribution in [0.15, 0.2) is 30.3 Å². The van der Waals surface area contributed by atoms with Crippen molar-refractivity contribution in [2.75, 3.05) is 25.7 Å². The van der Waals surface area contributed by atoms with Gasteiger partial charge in [0.25, 0.3) is 0 Å². The van der Waals surface area contributed by atoms with Crippen molar-refractivity contribution in [1.29, 1.82) is 0 Å². The summed E-state index contributed by atoms with van der Waals surface area (Å²) in [4.78, 5) is 0. The Morgan fingerprint density at radius 1 is 0.840 bits per heavy atom. The van der Waals surface area contributed by atoms with Crippen LogP contribution in [0, 0.1) is 0 Å². The number of hydrogen-bond donors (Lipinski definition) is 0. The van der Waals surface area contributed by atoms with Crippen LogP contribution in [0.25, 0.3) is 10.8 Å². The van der Waals surface area contributed by atoms with E-state index in [-0.39, 0.29) is 0 Å². The lowest BCUT2D eigenvalue weighted by Crippen LogP contribution is -2.03. The maximum atomic E-state index is 6.11. The average molecular weight is 409 g/mol. The van der Waals surface area contributed by atoms with Gasteiger partial charge in [0, 0.05) is 22.2 Å². The quantitative estimate of drug-likeness (QED) is 0.302. The number of methoxy groups -OCH3 is 1. The average Bonchev–Trinajstić information content (AvgIpc) is 2.65. The van der Waals surface area contributed by atoms with Crippen molar-refractivity contribution in [2.45, 2.75) is 45.4 Å². The summed E-state index contributed by atoms with van der Waals surface area (Å²) in [6, 6.07) is 10.1. The van der Waals surface area contributed by atoms with Crippen molar-refractivity contribution in [3.05, 3.63) is 30.3 Å². The Labute approximate surface area is 159 Å². The van der Waals surface area contributed by atoms with Crippen LogP contribution in [-0.4, -0.2) is 25.7 Å². The van der Waals surface area contributed by atoms with E-state index < -0.39 is 0 Å². The van der Waals surface area contributed by atoms with Gasteiger partial charge in [-0.2, -0.15) is 0 Å². The first-order valence-electron chi connectivity index (χ1n) is 9.23. The largest absolute Gasteiger partial charge is 0.493 e. The molecule has 0 radical (unpaired) electrons. The van der Waals surface area contributed by atoms with Crippen LogP contribution >= 0.6 is 15.9 Å². The smallest absolute Gasteiger partial charge is 0.169 e. The van der Waals surface area contributed by atoms with Crippen LogP contribution in [-0.2, 0) is 0 Å². The molecule has 25 heavy (non-hydrogen) atoms. The zero-order valence-corrected chi connectivity index (χ0v) is 16.9. The van der Waals surface area contributed by atoms with E-state index in [1.165, 1.54) is 25.7 Å². The molecular formula is C21H29BrO3. The Bertz CT molecular complexity index is 642. The van der Waals surface area contributed by atoms with Gasteiger partial charge in [-0.25, -0.2) is 0 Å². The third-order valence-electron chi connectivity index (χ3n) is 4.17. The number of benzene rings is 2. The number of ether oxygens (including phenoxy) is 3. The lowest BCUT2D eigenvalue weighted by atomic mass is 10.1. The third kappa shape index (κ3) is 5.81. The van der Waals surface area contributed by atoms with E-state index in [0.29, 0.717) is 13.2 Å². The molecule has 3 nitrogen and oxygen atoms in total. The minimum atomic E-state index is 0.677. The van der Waals surface area contributed by atoms with Gasteiger partial charge in [-0.3, -0.25) is 0 Å². The Hall–Kier alpha value is -1.42. The fraction of sp³-hybridized carbons (Fsp3) is 0.524. The summed E-state index contributed by atoms with van der Waals surface area (Å²) >= 11 is 3.44. The summed E-state index contributed by atoms with van der Waals surface area (Å²) in [6.07, 6.45) is 7.08. The molecule has 0 aromatic heterocycles. The number of fused-ring (bicyclic) bond motifs is 1. The molecular weight excluding hydrogens is 380 g/mol. The van der Waals surface area contributed by atoms with Gasteiger partial charge in [0.15, 0.2) is 11.5 Å². The number of hydrogen-bond acceptors (Lipinski definition) is 3. The third-order valence-corrected chi connectivity index (χ3v) is 4.73. The van der Waals surface area contributed by atoms with Crippen molar-refractivity contribution in [3.63, 3.8) is 0 Å². The number of rotatable bonds is 12. The Kier molecular flexibility index (Phi) is 8.95. The van der Waals surface area contributed by atoms with Crippen molar-refractivity contribution in [3.8, 4) is 17.2 Å². The van der Waals surface area contributed by atoms with Crippen LogP contribution in [0.1, 0.15) is 45.4 Å². The molecule has 4 heteroatoms. The number of halogens is 1. The Balaban J connectivity index is 2.16. The molecule has 0 saturated carbocycles. The fourth-order valence-electron chi connectivity index (χ4n) is 2.83. The van der Waals surface area contributed by atoms with E-state index in [1.807, 2.05) is 18.2 Å². The van der Waals surface area contributed by atoms with Crippen molar-refractivity contribution in [2.24, 2.45) is 0 Å². The molecule has 0 fully saturated rings. The van der Waals surface area contributed by atoms with Gasteiger partial charge in [0.2, 0.25) is 0 Å². The van der Waals surface area contributed by atoms with Crippen molar-refractivity contribution < 1.29 is 14.2 Å². The molecule has 0 heterocycles. The molecule has 0 spiro atoms. The minimum absolute atomic E-state index is 0.677. The second kappa shape index (κ2) is 11.2. The van der Waals surface area contributed by atoms with Gasteiger partial charge in [0.1, 0.15) is 5.75 Å². The summed E-state index contributed by atoms with van der Waals surface area (Å²) in [6.45, 7) is 3.62. The maximum Gasteiger partial charge on any atom is 0.169 e. The van der Waals surface area contributed by atoms with E-state index in [9.17, 15) is 0 Å². The molecule has 2 aromatic carbocycles. The molecule has 0 unspecified atom stereocenters. The molecule has 2 aromatic rings. The number of unbranched alkanes of at least 4 members (excludes halogenated alkanes) is 4. The number of alkyl halides is 1. The highest BCUT2D eigenvalue weighted by atomic mass is 79.9. The van der Waals surface area contributed by atoms with Gasteiger partial charge in [-0.15, -0.1) is 0 Å². The van der Waals surface area contributed by atoms with Gasteiger partial charge in [-0.1, -0.05) is 72.8 Å². The summed E-state index contributed by atoms with van der Waals surface area (Å²) < 4.78 is 17.7. The second-order valence-corrected chi connectivity index (χ2v) is 6.90. The second-order valence-electron chi connectivity index (χ2n) is 6.11. The lowest BCUT2D eigenvalue weighted by Gasteiger charge is -2.17. The molecule has 2 rings (SSSR count). The Morgan fingerprint density at radius 2 is 1.56 bits per heavy atom. The zero-order chi connectivity index (χ0) is 17.9. The van der Waals surface area contributed by atoms with E-state index in [0.717, 1.165) is 46.2 Å². The highest BCUT2D eigenvalue weighted by Gasteiger charge is 2.15. The summed E-state index contributed by atoms with van der Waals surface area (Å²) in [5.74, 6) is 2.41. The van der Waals surface area contributed by atoms with E-state index in [4.69, 9.17) is 14.2 Å². The molecule has 0 aliphatic carbocycles. The molecule has 0 atom stereocenters. The van der Waals surface area contributed by atoms with Crippen LogP contribution in [0.4, 0.5) is 0 Å². The zero-order valence-electron chi connectivity index (χ0n) is 15.4.